The second-order valence-corrected chi connectivity index (χ2v) is 5.70. The fourth-order valence-electron chi connectivity index (χ4n) is 1.93. The van der Waals surface area contributed by atoms with Gasteiger partial charge in [-0.1, -0.05) is 27.5 Å². The van der Waals surface area contributed by atoms with Crippen molar-refractivity contribution in [3.63, 3.8) is 0 Å². The molecule has 0 aliphatic heterocycles. The second-order valence-electron chi connectivity index (χ2n) is 4.38. The van der Waals surface area contributed by atoms with Crippen molar-refractivity contribution in [2.75, 3.05) is 5.73 Å². The number of nitrogens with zero attached hydrogens (tertiary/aromatic N) is 1. The molecule has 1 heterocycles. The Morgan fingerprint density at radius 1 is 1.19 bits per heavy atom. The summed E-state index contributed by atoms with van der Waals surface area (Å²) in [5, 5.41) is 0.775. The van der Waals surface area contributed by atoms with Crippen molar-refractivity contribution in [2.24, 2.45) is 0 Å². The molecule has 3 aromatic rings. The largest absolute Gasteiger partial charge is 0.454 e. The van der Waals surface area contributed by atoms with E-state index in [9.17, 15) is 4.39 Å². The first-order chi connectivity index (χ1) is 10.0. The zero-order valence-corrected chi connectivity index (χ0v) is 13.0. The number of pyridine rings is 1. The summed E-state index contributed by atoms with van der Waals surface area (Å²) in [5.74, 6) is 0.200. The lowest BCUT2D eigenvalue weighted by atomic mass is 10.2. The predicted molar refractivity (Wildman–Crippen MR) is 85.3 cm³/mol. The number of fused-ring (bicyclic) bond motifs is 1. The molecule has 3 rings (SSSR count). The van der Waals surface area contributed by atoms with Crippen LogP contribution in [0.3, 0.4) is 0 Å². The number of halogens is 3. The van der Waals surface area contributed by atoms with E-state index in [1.54, 1.807) is 6.07 Å². The summed E-state index contributed by atoms with van der Waals surface area (Å²) in [6.45, 7) is 0. The van der Waals surface area contributed by atoms with Gasteiger partial charge in [0.2, 0.25) is 0 Å². The van der Waals surface area contributed by atoms with E-state index >= 15 is 0 Å². The van der Waals surface area contributed by atoms with E-state index in [-0.39, 0.29) is 5.02 Å². The number of benzene rings is 2. The summed E-state index contributed by atoms with van der Waals surface area (Å²) in [4.78, 5) is 4.23. The molecule has 0 atom stereocenters. The molecule has 0 spiro atoms. The highest BCUT2D eigenvalue weighted by atomic mass is 79.9. The van der Waals surface area contributed by atoms with E-state index in [0.717, 1.165) is 15.4 Å². The van der Waals surface area contributed by atoms with Crippen LogP contribution < -0.4 is 10.5 Å². The van der Waals surface area contributed by atoms with Gasteiger partial charge in [0.25, 0.3) is 0 Å². The maximum absolute atomic E-state index is 13.5. The maximum atomic E-state index is 13.5. The molecule has 6 heteroatoms. The Morgan fingerprint density at radius 2 is 2.00 bits per heavy atom. The van der Waals surface area contributed by atoms with E-state index < -0.39 is 5.82 Å². The third-order valence-electron chi connectivity index (χ3n) is 2.92. The lowest BCUT2D eigenvalue weighted by Gasteiger charge is -2.12. The second kappa shape index (κ2) is 5.50. The minimum absolute atomic E-state index is 0.0395. The number of anilines is 1. The average molecular weight is 368 g/mol. The first kappa shape index (κ1) is 14.1. The normalized spacial score (nSPS) is 10.8. The molecule has 0 bridgehead atoms. The van der Waals surface area contributed by atoms with Crippen LogP contribution in [0.5, 0.6) is 11.5 Å². The molecule has 2 N–H and O–H groups in total. The van der Waals surface area contributed by atoms with E-state index in [4.69, 9.17) is 22.1 Å². The monoisotopic (exact) mass is 366 g/mol. The van der Waals surface area contributed by atoms with Crippen LogP contribution in [0.15, 0.2) is 47.1 Å². The quantitative estimate of drug-likeness (QED) is 0.680. The molecule has 2 aromatic carbocycles. The van der Waals surface area contributed by atoms with Crippen LogP contribution in [0, 0.1) is 5.82 Å². The minimum Gasteiger partial charge on any atom is -0.454 e. The Labute approximate surface area is 133 Å². The first-order valence-electron chi connectivity index (χ1n) is 6.01. The maximum Gasteiger partial charge on any atom is 0.161 e. The van der Waals surface area contributed by atoms with E-state index in [0.29, 0.717) is 17.2 Å². The predicted octanol–water partition coefficient (Wildman–Crippen LogP) is 5.16. The fraction of sp³-hybridized carbons (Fsp3) is 0. The molecule has 0 unspecified atom stereocenters. The van der Waals surface area contributed by atoms with Crippen molar-refractivity contribution < 1.29 is 9.13 Å². The van der Waals surface area contributed by atoms with Crippen LogP contribution in [-0.4, -0.2) is 4.98 Å². The molecular weight excluding hydrogens is 359 g/mol. The van der Waals surface area contributed by atoms with Gasteiger partial charge in [0.15, 0.2) is 5.75 Å². The summed E-state index contributed by atoms with van der Waals surface area (Å²) in [6, 6.07) is 9.79. The highest BCUT2D eigenvalue weighted by Gasteiger charge is 2.11. The number of aromatic nitrogens is 1. The molecule has 0 fully saturated rings. The third-order valence-corrected chi connectivity index (χ3v) is 3.72. The Hall–Kier alpha value is -1.85. The third kappa shape index (κ3) is 2.80. The van der Waals surface area contributed by atoms with Gasteiger partial charge in [-0.25, -0.2) is 4.39 Å². The van der Waals surface area contributed by atoms with Crippen molar-refractivity contribution in [2.45, 2.75) is 0 Å². The average Bonchev–Trinajstić information content (AvgIpc) is 2.46. The lowest BCUT2D eigenvalue weighted by Crippen LogP contribution is -1.95. The standard InChI is InChI=1S/C15H9BrClFN2O/c16-8-1-4-14-10(5-8)15(13(19)7-20-14)21-9-2-3-11(17)12(18)6-9/h1-7H,19H2. The van der Waals surface area contributed by atoms with Gasteiger partial charge in [-0.15, -0.1) is 0 Å². The molecule has 21 heavy (non-hydrogen) atoms. The van der Waals surface area contributed by atoms with Gasteiger partial charge in [0.1, 0.15) is 11.6 Å². The topological polar surface area (TPSA) is 48.1 Å². The highest BCUT2D eigenvalue weighted by molar-refractivity contribution is 9.10. The zero-order valence-electron chi connectivity index (χ0n) is 10.6. The van der Waals surface area contributed by atoms with Crippen molar-refractivity contribution in [1.29, 1.82) is 0 Å². The molecule has 0 amide bonds. The molecular formula is C15H9BrClFN2O. The van der Waals surface area contributed by atoms with Crippen LogP contribution in [-0.2, 0) is 0 Å². The van der Waals surface area contributed by atoms with Crippen molar-refractivity contribution >= 4 is 44.1 Å². The van der Waals surface area contributed by atoms with Crippen LogP contribution >= 0.6 is 27.5 Å². The fourth-order valence-corrected chi connectivity index (χ4v) is 2.41. The molecule has 0 radical (unpaired) electrons. The van der Waals surface area contributed by atoms with Crippen LogP contribution in [0.2, 0.25) is 5.02 Å². The SMILES string of the molecule is Nc1cnc2ccc(Br)cc2c1Oc1ccc(Cl)c(F)c1. The smallest absolute Gasteiger partial charge is 0.161 e. The summed E-state index contributed by atoms with van der Waals surface area (Å²) >= 11 is 9.06. The molecule has 0 saturated heterocycles. The number of rotatable bonds is 2. The van der Waals surface area contributed by atoms with Gasteiger partial charge >= 0.3 is 0 Å². The Bertz CT molecular complexity index is 836. The minimum atomic E-state index is -0.549. The lowest BCUT2D eigenvalue weighted by molar-refractivity contribution is 0.484. The van der Waals surface area contributed by atoms with Crippen molar-refractivity contribution in [3.8, 4) is 11.5 Å². The number of nitrogen functional groups attached to an aromatic ring is 1. The molecule has 0 aliphatic rings. The van der Waals surface area contributed by atoms with E-state index in [2.05, 4.69) is 20.9 Å². The molecule has 0 aliphatic carbocycles. The number of hydrogen-bond acceptors (Lipinski definition) is 3. The van der Waals surface area contributed by atoms with Crippen LogP contribution in [0.25, 0.3) is 10.9 Å². The Morgan fingerprint density at radius 3 is 2.76 bits per heavy atom. The Balaban J connectivity index is 2.12. The van der Waals surface area contributed by atoms with Gasteiger partial charge in [-0.05, 0) is 30.3 Å². The summed E-state index contributed by atoms with van der Waals surface area (Å²) < 4.78 is 20.1. The molecule has 106 valence electrons. The number of hydrogen-bond donors (Lipinski definition) is 1. The van der Waals surface area contributed by atoms with Crippen LogP contribution in [0.1, 0.15) is 0 Å². The van der Waals surface area contributed by atoms with Crippen LogP contribution in [0.4, 0.5) is 10.1 Å². The van der Waals surface area contributed by atoms with Gasteiger partial charge in [-0.2, -0.15) is 0 Å². The summed E-state index contributed by atoms with van der Waals surface area (Å²) in [7, 11) is 0. The van der Waals surface area contributed by atoms with Gasteiger partial charge < -0.3 is 10.5 Å². The van der Waals surface area contributed by atoms with Gasteiger partial charge in [0, 0.05) is 15.9 Å². The molecule has 1 aromatic heterocycles. The van der Waals surface area contributed by atoms with Crippen molar-refractivity contribution in [1.82, 2.24) is 4.98 Å². The highest BCUT2D eigenvalue weighted by Crippen LogP contribution is 2.36. The van der Waals surface area contributed by atoms with Gasteiger partial charge in [0.05, 0.1) is 22.4 Å². The molecule has 3 nitrogen and oxygen atoms in total. The molecule has 0 saturated carbocycles. The van der Waals surface area contributed by atoms with Gasteiger partial charge in [-0.3, -0.25) is 4.98 Å². The first-order valence-corrected chi connectivity index (χ1v) is 7.18. The van der Waals surface area contributed by atoms with E-state index in [1.165, 1.54) is 18.3 Å². The zero-order chi connectivity index (χ0) is 15.0. The Kier molecular flexibility index (Phi) is 3.69. The number of nitrogens with two attached hydrogens (primary N) is 1. The summed E-state index contributed by atoms with van der Waals surface area (Å²) in [5.41, 5.74) is 7.03. The van der Waals surface area contributed by atoms with Crippen molar-refractivity contribution in [3.05, 3.63) is 57.9 Å². The summed E-state index contributed by atoms with van der Waals surface area (Å²) in [6.07, 6.45) is 1.51. The number of ether oxygens (including phenoxy) is 1. The van der Waals surface area contributed by atoms with E-state index in [1.807, 2.05) is 18.2 Å².